The van der Waals surface area contributed by atoms with Gasteiger partial charge in [-0.3, -0.25) is 14.4 Å². The van der Waals surface area contributed by atoms with Gasteiger partial charge in [0.05, 0.1) is 5.92 Å². The van der Waals surface area contributed by atoms with Crippen molar-refractivity contribution in [3.05, 3.63) is 22.5 Å². The van der Waals surface area contributed by atoms with Crippen LogP contribution in [-0.4, -0.2) is 33.8 Å². The first kappa shape index (κ1) is 16.3. The van der Waals surface area contributed by atoms with E-state index in [0.29, 0.717) is 41.8 Å². The summed E-state index contributed by atoms with van der Waals surface area (Å²) in [5.41, 5.74) is 2.32. The van der Waals surface area contributed by atoms with E-state index < -0.39 is 11.9 Å². The predicted octanol–water partition coefficient (Wildman–Crippen LogP) is 2.07. The number of ketones is 1. The molecule has 6 heteroatoms. The summed E-state index contributed by atoms with van der Waals surface area (Å²) in [4.78, 5) is 38.4. The molecule has 1 aromatic rings. The predicted molar refractivity (Wildman–Crippen MR) is 81.1 cm³/mol. The molecule has 120 valence electrons. The molecule has 0 aliphatic heterocycles. The summed E-state index contributed by atoms with van der Waals surface area (Å²) in [7, 11) is 0. The first-order chi connectivity index (χ1) is 10.4. The highest BCUT2D eigenvalue weighted by atomic mass is 16.4. The number of H-pyrrole nitrogens is 1. The molecule has 1 heterocycles. The summed E-state index contributed by atoms with van der Waals surface area (Å²) in [6.45, 7) is 5.14. The molecule has 0 saturated heterocycles. The number of carbonyl (C=O) groups is 3. The molecule has 6 nitrogen and oxygen atoms in total. The molecular formula is C16H22N2O4. The number of amides is 1. The molecule has 0 unspecified atom stereocenters. The van der Waals surface area contributed by atoms with Gasteiger partial charge in [-0.05, 0) is 38.7 Å². The van der Waals surface area contributed by atoms with Gasteiger partial charge in [0.2, 0.25) is 0 Å². The van der Waals surface area contributed by atoms with Crippen molar-refractivity contribution in [3.8, 4) is 0 Å². The van der Waals surface area contributed by atoms with E-state index in [1.807, 2.05) is 6.92 Å². The molecule has 1 aromatic heterocycles. The van der Waals surface area contributed by atoms with Crippen molar-refractivity contribution < 1.29 is 19.5 Å². The average Bonchev–Trinajstić information content (AvgIpc) is 3.02. The standard InChI is InChI=1S/C16H22N2O4/c1-4-10-13(9(3)19)8(2)17-14(10)15(20)18-12-7-5-6-11(12)16(21)22/h11-12,17H,4-7H2,1-3H3,(H,18,20)(H,21,22)/t11-,12+/m0/s1. The molecule has 0 radical (unpaired) electrons. The molecule has 1 fully saturated rings. The number of aliphatic carboxylic acids is 1. The first-order valence-corrected chi connectivity index (χ1v) is 7.62. The second-order valence-corrected chi connectivity index (χ2v) is 5.84. The molecule has 1 amide bonds. The quantitative estimate of drug-likeness (QED) is 0.725. The molecule has 1 aliphatic carbocycles. The van der Waals surface area contributed by atoms with Crippen LogP contribution in [0.5, 0.6) is 0 Å². The summed E-state index contributed by atoms with van der Waals surface area (Å²) in [6, 6.07) is -0.348. The lowest BCUT2D eigenvalue weighted by Crippen LogP contribution is -2.40. The van der Waals surface area contributed by atoms with Crippen LogP contribution in [0.15, 0.2) is 0 Å². The fourth-order valence-electron chi connectivity index (χ4n) is 3.37. The Kier molecular flexibility index (Phi) is 4.68. The highest BCUT2D eigenvalue weighted by Crippen LogP contribution is 2.27. The number of aromatic amines is 1. The number of aromatic nitrogens is 1. The number of rotatable bonds is 5. The van der Waals surface area contributed by atoms with E-state index in [0.717, 1.165) is 6.42 Å². The van der Waals surface area contributed by atoms with Crippen LogP contribution in [0.25, 0.3) is 0 Å². The maximum Gasteiger partial charge on any atom is 0.308 e. The van der Waals surface area contributed by atoms with E-state index in [2.05, 4.69) is 10.3 Å². The van der Waals surface area contributed by atoms with Gasteiger partial charge in [-0.25, -0.2) is 0 Å². The second-order valence-electron chi connectivity index (χ2n) is 5.84. The van der Waals surface area contributed by atoms with Crippen LogP contribution < -0.4 is 5.32 Å². The average molecular weight is 306 g/mol. The third-order valence-electron chi connectivity index (χ3n) is 4.37. The molecule has 2 atom stereocenters. The fourth-order valence-corrected chi connectivity index (χ4v) is 3.37. The van der Waals surface area contributed by atoms with Gasteiger partial charge >= 0.3 is 5.97 Å². The zero-order valence-electron chi connectivity index (χ0n) is 13.2. The van der Waals surface area contributed by atoms with Crippen LogP contribution >= 0.6 is 0 Å². The van der Waals surface area contributed by atoms with Gasteiger partial charge in [0.15, 0.2) is 5.78 Å². The topological polar surface area (TPSA) is 99.3 Å². The number of carboxylic acid groups (broad SMARTS) is 1. The minimum atomic E-state index is -0.870. The molecular weight excluding hydrogens is 284 g/mol. The van der Waals surface area contributed by atoms with Crippen LogP contribution in [0.1, 0.15) is 65.2 Å². The Morgan fingerprint density at radius 1 is 1.32 bits per heavy atom. The third-order valence-corrected chi connectivity index (χ3v) is 4.37. The van der Waals surface area contributed by atoms with Crippen LogP contribution in [-0.2, 0) is 11.2 Å². The molecule has 0 aromatic carbocycles. The monoisotopic (exact) mass is 306 g/mol. The van der Waals surface area contributed by atoms with Crippen LogP contribution in [0, 0.1) is 12.8 Å². The van der Waals surface area contributed by atoms with E-state index in [1.54, 1.807) is 6.92 Å². The van der Waals surface area contributed by atoms with E-state index in [4.69, 9.17) is 0 Å². The minimum absolute atomic E-state index is 0.0751. The number of carbonyl (C=O) groups excluding carboxylic acids is 2. The lowest BCUT2D eigenvalue weighted by molar-refractivity contribution is -0.142. The summed E-state index contributed by atoms with van der Waals surface area (Å²) >= 11 is 0. The van der Waals surface area contributed by atoms with Gasteiger partial charge in [0, 0.05) is 17.3 Å². The van der Waals surface area contributed by atoms with Crippen molar-refractivity contribution in [1.82, 2.24) is 10.3 Å². The summed E-state index contributed by atoms with van der Waals surface area (Å²) in [5, 5.41) is 12.0. The SMILES string of the molecule is CCc1c(C(=O)N[C@@H]2CCC[C@@H]2C(=O)O)[nH]c(C)c1C(C)=O. The zero-order chi connectivity index (χ0) is 16.4. The Balaban J connectivity index is 2.25. The zero-order valence-corrected chi connectivity index (χ0v) is 13.2. The molecule has 3 N–H and O–H groups in total. The number of Topliss-reactive ketones (excluding diaryl/α,β-unsaturated/α-hetero) is 1. The van der Waals surface area contributed by atoms with E-state index in [-0.39, 0.29) is 17.7 Å². The highest BCUT2D eigenvalue weighted by molar-refractivity contribution is 6.02. The van der Waals surface area contributed by atoms with Crippen molar-refractivity contribution >= 4 is 17.7 Å². The van der Waals surface area contributed by atoms with Gasteiger partial charge < -0.3 is 15.4 Å². The minimum Gasteiger partial charge on any atom is -0.481 e. The van der Waals surface area contributed by atoms with Gasteiger partial charge in [-0.15, -0.1) is 0 Å². The summed E-state index contributed by atoms with van der Waals surface area (Å²) in [6.07, 6.45) is 2.62. The Morgan fingerprint density at radius 2 is 2.00 bits per heavy atom. The number of nitrogens with one attached hydrogen (secondary N) is 2. The number of hydrogen-bond donors (Lipinski definition) is 3. The Labute approximate surface area is 129 Å². The van der Waals surface area contributed by atoms with Gasteiger partial charge in [0.25, 0.3) is 5.91 Å². The lowest BCUT2D eigenvalue weighted by atomic mass is 10.0. The van der Waals surface area contributed by atoms with Crippen molar-refractivity contribution in [3.63, 3.8) is 0 Å². The number of hydrogen-bond acceptors (Lipinski definition) is 3. The normalized spacial score (nSPS) is 20.9. The van der Waals surface area contributed by atoms with Crippen molar-refractivity contribution in [1.29, 1.82) is 0 Å². The maximum atomic E-state index is 12.5. The van der Waals surface area contributed by atoms with E-state index >= 15 is 0 Å². The smallest absolute Gasteiger partial charge is 0.308 e. The Morgan fingerprint density at radius 3 is 2.55 bits per heavy atom. The summed E-state index contributed by atoms with van der Waals surface area (Å²) < 4.78 is 0. The molecule has 1 saturated carbocycles. The van der Waals surface area contributed by atoms with Gasteiger partial charge in [0.1, 0.15) is 5.69 Å². The molecule has 22 heavy (non-hydrogen) atoms. The second kappa shape index (κ2) is 6.34. The van der Waals surface area contributed by atoms with Crippen LogP contribution in [0.3, 0.4) is 0 Å². The van der Waals surface area contributed by atoms with Crippen molar-refractivity contribution in [2.45, 2.75) is 52.5 Å². The first-order valence-electron chi connectivity index (χ1n) is 7.62. The largest absolute Gasteiger partial charge is 0.481 e. The maximum absolute atomic E-state index is 12.5. The molecule has 0 bridgehead atoms. The lowest BCUT2D eigenvalue weighted by Gasteiger charge is -2.17. The van der Waals surface area contributed by atoms with Gasteiger partial charge in [-0.2, -0.15) is 0 Å². The van der Waals surface area contributed by atoms with Crippen LogP contribution in [0.2, 0.25) is 0 Å². The van der Waals surface area contributed by atoms with Crippen molar-refractivity contribution in [2.24, 2.45) is 5.92 Å². The summed E-state index contributed by atoms with van der Waals surface area (Å²) in [5.74, 6) is -1.80. The Bertz CT molecular complexity index is 618. The highest BCUT2D eigenvalue weighted by Gasteiger charge is 2.34. The van der Waals surface area contributed by atoms with E-state index in [9.17, 15) is 19.5 Å². The number of aryl methyl sites for hydroxylation is 1. The molecule has 1 aliphatic rings. The van der Waals surface area contributed by atoms with Crippen molar-refractivity contribution in [2.75, 3.05) is 0 Å². The van der Waals surface area contributed by atoms with Crippen LogP contribution in [0.4, 0.5) is 0 Å². The van der Waals surface area contributed by atoms with E-state index in [1.165, 1.54) is 6.92 Å². The number of carboxylic acids is 1. The molecule has 0 spiro atoms. The third kappa shape index (κ3) is 2.91. The van der Waals surface area contributed by atoms with Gasteiger partial charge in [-0.1, -0.05) is 13.3 Å². The fraction of sp³-hybridized carbons (Fsp3) is 0.562. The molecule has 2 rings (SSSR count). The Hall–Kier alpha value is -2.11.